The van der Waals surface area contributed by atoms with Gasteiger partial charge in [0.1, 0.15) is 88.0 Å². The van der Waals surface area contributed by atoms with E-state index >= 15 is 0 Å². The molecule has 7 aliphatic rings. The monoisotopic (exact) mass is 1770 g/mol. The number of aliphatic hydroxyl groups excluding tert-OH is 3. The number of aryl methyl sites for hydroxylation is 6. The number of anilines is 3. The Morgan fingerprint density at radius 1 is 0.473 bits per heavy atom. The number of ether oxygens (including phenoxy) is 3. The van der Waals surface area contributed by atoms with Crippen molar-refractivity contribution in [3.05, 3.63) is 237 Å². The number of hydrogen-bond acceptors (Lipinski definition) is 23. The molecular formula is C97H115N17O14S. The highest BCUT2D eigenvalue weighted by molar-refractivity contribution is 7.90. The average Bonchev–Trinajstić information content (AvgIpc) is 1.61. The van der Waals surface area contributed by atoms with E-state index in [1.54, 1.807) is 36.7 Å². The van der Waals surface area contributed by atoms with Gasteiger partial charge in [-0.25, -0.2) is 18.4 Å². The van der Waals surface area contributed by atoms with Crippen LogP contribution in [0.4, 0.5) is 22.7 Å². The van der Waals surface area contributed by atoms with Crippen molar-refractivity contribution in [1.82, 2.24) is 64.3 Å². The van der Waals surface area contributed by atoms with Crippen LogP contribution >= 0.6 is 0 Å². The first-order valence-corrected chi connectivity index (χ1v) is 46.7. The molecule has 32 heteroatoms. The molecule has 0 bridgehead atoms. The Bertz CT molecular complexity index is 6360. The standard InChI is InChI=1S/C33H40N6O6S.C32H38N6O4.C32H37N5O4/c1-20-4-5-29(21(2)14-20)45-19-24(40)17-35-26-6-9-34-32(41)30(26)31-36-27-15-22-18-39(33(42)25(22)16-28(27)37-31)23-7-10-38(11-8-23)12-13-46(3,43)44;1-20-6-7-28(21(2)14-20)42-19-23(39)17-34-25-8-9-33-31(40)29(25)30-35-26-15-22-18-38(13-5-12-37-10-3-4-11-37)32(41)24(22)16-27(26)36-30;1-19-4-5-29(20(2)12-19)41-18-24(38)16-34-26-6-9-33-31(39)30(26)28-14-21-13-25-22(15-27(21)35-28)17-37(32(25)40)23-7-10-36(3)11-8-23/h4-6,9,14-16,23-24,40H,7-8,10-13,17-19H2,1-3H3,(H,36,37)(H2,34,35,41);6-9,14-16,23,39H,3-5,10-13,17-19H2,1-2H3,(H,35,36)(H2,33,34,40);4-6,9,12-13,15,23-24,38H,7-8,10-11,14,16-18H2,1-3H3,(H2,33,34,39)/t24-;23-;24-/m111/s1. The predicted molar refractivity (Wildman–Crippen MR) is 500 cm³/mol. The Morgan fingerprint density at radius 3 is 1.36 bits per heavy atom. The molecule has 7 aliphatic heterocycles. The molecule has 11 aromatic rings. The molecule has 3 amide bonds. The molecule has 5 aromatic heterocycles. The van der Waals surface area contributed by atoms with Gasteiger partial charge in [-0.1, -0.05) is 53.1 Å². The number of nitrogens with one attached hydrogen (secondary N) is 8. The van der Waals surface area contributed by atoms with Gasteiger partial charge in [-0.2, -0.15) is 0 Å². The van der Waals surface area contributed by atoms with E-state index in [0.29, 0.717) is 112 Å². The van der Waals surface area contributed by atoms with Crippen LogP contribution in [0.3, 0.4) is 0 Å². The van der Waals surface area contributed by atoms with Crippen molar-refractivity contribution in [3.8, 4) is 40.0 Å². The van der Waals surface area contributed by atoms with Gasteiger partial charge in [0.25, 0.3) is 34.4 Å². The van der Waals surface area contributed by atoms with Crippen LogP contribution in [-0.4, -0.2) is 259 Å². The van der Waals surface area contributed by atoms with Crippen molar-refractivity contribution in [2.75, 3.05) is 133 Å². The third-order valence-corrected chi connectivity index (χ3v) is 26.3. The first-order chi connectivity index (χ1) is 62.1. The van der Waals surface area contributed by atoms with E-state index in [-0.39, 0.29) is 91.7 Å². The fourth-order valence-corrected chi connectivity index (χ4v) is 19.0. The van der Waals surface area contributed by atoms with E-state index in [1.807, 2.05) is 141 Å². The number of imidazole rings is 2. The average molecular weight is 1780 g/mol. The number of hydrogen-bond donors (Lipinski definition) is 11. The van der Waals surface area contributed by atoms with Crippen LogP contribution in [-0.2, 0) is 35.9 Å². The molecule has 3 saturated heterocycles. The molecule has 0 aliphatic carbocycles. The van der Waals surface area contributed by atoms with Crippen LogP contribution < -0.4 is 46.8 Å². The van der Waals surface area contributed by atoms with E-state index in [2.05, 4.69) is 62.6 Å². The van der Waals surface area contributed by atoms with Gasteiger partial charge in [0.05, 0.1) is 61.8 Å². The SMILES string of the molecule is Cc1ccc(OC[C@H](O)CNc2cc[nH]c(=O)c2-c2nc3cc4c(cc3[nH]2)CN(C2CCN(CCS(C)(=O)=O)CC2)C4=O)c(C)c1.Cc1ccc(OC[C@H](O)CNc2cc[nH]c(=O)c2-c2nc3cc4c(cc3[nH]2)CN(CCCN2CCCC2)C4=O)c(C)c1.Cc1ccc(OC[C@H](O)CNc2cc[nH]c(=O)c2C2=Nc3cc4c(cc3C2)C(=O)N(C2CCN(C)CC2)C4)c(C)c1. The van der Waals surface area contributed by atoms with Gasteiger partial charge in [0.2, 0.25) is 0 Å². The number of pyridine rings is 3. The van der Waals surface area contributed by atoms with Crippen LogP contribution in [0.25, 0.3) is 44.8 Å². The second-order valence-corrected chi connectivity index (χ2v) is 37.7. The lowest BCUT2D eigenvalue weighted by molar-refractivity contribution is 0.0600. The smallest absolute Gasteiger partial charge is 0.261 e. The third kappa shape index (κ3) is 21.2. The number of aromatic nitrogens is 7. The number of benzene rings is 6. The molecule has 31 nitrogen and oxygen atoms in total. The van der Waals surface area contributed by atoms with Gasteiger partial charge in [0.15, 0.2) is 0 Å². The number of aliphatic imine (C=N–C) groups is 1. The topological polar surface area (TPSA) is 398 Å². The molecule has 18 rings (SSSR count). The number of carbonyl (C=O) groups excluding carboxylic acids is 3. The lowest BCUT2D eigenvalue weighted by Crippen LogP contribution is -2.45. The third-order valence-electron chi connectivity index (χ3n) is 25.4. The summed E-state index contributed by atoms with van der Waals surface area (Å²) in [5.74, 6) is 3.18. The maximum absolute atomic E-state index is 13.5. The second kappa shape index (κ2) is 39.3. The summed E-state index contributed by atoms with van der Waals surface area (Å²) < 4.78 is 40.5. The molecule has 11 N–H and O–H groups in total. The summed E-state index contributed by atoms with van der Waals surface area (Å²) in [5, 5.41) is 41.3. The zero-order valence-corrected chi connectivity index (χ0v) is 75.2. The quantitative estimate of drug-likeness (QED) is 0.0199. The molecule has 3 fully saturated rings. The fourth-order valence-electron chi connectivity index (χ4n) is 18.4. The van der Waals surface area contributed by atoms with E-state index in [0.717, 1.165) is 174 Å². The van der Waals surface area contributed by atoms with Gasteiger partial charge in [-0.05, 0) is 238 Å². The van der Waals surface area contributed by atoms with Crippen molar-refractivity contribution in [2.45, 2.75) is 143 Å². The number of aliphatic hydroxyl groups is 3. The van der Waals surface area contributed by atoms with Crippen LogP contribution in [0.15, 0.2) is 147 Å². The number of amides is 3. The maximum atomic E-state index is 13.5. The molecule has 129 heavy (non-hydrogen) atoms. The summed E-state index contributed by atoms with van der Waals surface area (Å²) in [6.45, 7) is 22.6. The van der Waals surface area contributed by atoms with Gasteiger partial charge in [0, 0.05) is 125 Å². The summed E-state index contributed by atoms with van der Waals surface area (Å²) in [6.07, 6.45) is 11.1. The van der Waals surface area contributed by atoms with Crippen LogP contribution in [0.5, 0.6) is 17.2 Å². The lowest BCUT2D eigenvalue weighted by Gasteiger charge is -2.36. The van der Waals surface area contributed by atoms with Crippen LogP contribution in [0.1, 0.15) is 137 Å². The number of likely N-dealkylation sites (tertiary alicyclic amines) is 3. The Kier molecular flexibility index (Phi) is 27.5. The van der Waals surface area contributed by atoms with E-state index < -0.39 is 28.1 Å². The van der Waals surface area contributed by atoms with Crippen molar-refractivity contribution in [1.29, 1.82) is 0 Å². The number of piperidine rings is 2. The van der Waals surface area contributed by atoms with Gasteiger partial charge in [-0.3, -0.25) is 33.8 Å². The Morgan fingerprint density at radius 2 is 0.891 bits per heavy atom. The first-order valence-electron chi connectivity index (χ1n) is 44.6. The normalized spacial score (nSPS) is 16.8. The number of aromatic amines is 5. The summed E-state index contributed by atoms with van der Waals surface area (Å²) in [5.41, 5.74) is 18.3. The molecule has 0 unspecified atom stereocenters. The highest BCUT2D eigenvalue weighted by Crippen LogP contribution is 2.40. The molecule has 3 atom stereocenters. The molecule has 12 heterocycles. The maximum Gasteiger partial charge on any atom is 0.261 e. The van der Waals surface area contributed by atoms with Crippen LogP contribution in [0.2, 0.25) is 0 Å². The van der Waals surface area contributed by atoms with Gasteiger partial charge >= 0.3 is 0 Å². The second-order valence-electron chi connectivity index (χ2n) is 35.5. The zero-order chi connectivity index (χ0) is 90.5. The van der Waals surface area contributed by atoms with Crippen LogP contribution in [0, 0.1) is 41.5 Å². The van der Waals surface area contributed by atoms with E-state index in [1.165, 1.54) is 25.3 Å². The van der Waals surface area contributed by atoms with E-state index in [4.69, 9.17) is 29.2 Å². The number of sulfone groups is 1. The lowest BCUT2D eigenvalue weighted by atomic mass is 10.00. The molecule has 6 aromatic carbocycles. The molecule has 678 valence electrons. The Labute approximate surface area is 748 Å². The number of carbonyl (C=O) groups is 3. The highest BCUT2D eigenvalue weighted by atomic mass is 32.2. The summed E-state index contributed by atoms with van der Waals surface area (Å²) >= 11 is 0. The van der Waals surface area contributed by atoms with Crippen molar-refractivity contribution in [3.63, 3.8) is 0 Å². The van der Waals surface area contributed by atoms with Gasteiger partial charge in [-0.15, -0.1) is 0 Å². The minimum absolute atomic E-state index is 0.0343. The Balaban J connectivity index is 0.000000142. The zero-order valence-electron chi connectivity index (χ0n) is 74.4. The molecule has 0 spiro atoms. The number of fused-ring (bicyclic) bond motifs is 6. The number of H-pyrrole nitrogens is 5. The van der Waals surface area contributed by atoms with Gasteiger partial charge < -0.3 is 99.8 Å². The van der Waals surface area contributed by atoms with Crippen molar-refractivity contribution in [2.24, 2.45) is 4.99 Å². The minimum Gasteiger partial charge on any atom is -0.491 e. The first kappa shape index (κ1) is 90.1. The highest BCUT2D eigenvalue weighted by Gasteiger charge is 2.39. The molecule has 0 radical (unpaired) electrons. The van der Waals surface area contributed by atoms with Crippen molar-refractivity contribution < 1.29 is 52.3 Å². The fraction of sp³-hybridized carbons (Fsp3) is 0.412. The summed E-state index contributed by atoms with van der Waals surface area (Å²) in [6, 6.07) is 34.8. The largest absolute Gasteiger partial charge is 0.491 e. The summed E-state index contributed by atoms with van der Waals surface area (Å²) in [7, 11) is -0.885. The summed E-state index contributed by atoms with van der Waals surface area (Å²) in [4.78, 5) is 121. The number of rotatable bonds is 30. The predicted octanol–water partition coefficient (Wildman–Crippen LogP) is 10.3. The molecule has 0 saturated carbocycles. The minimum atomic E-state index is -3.01. The number of nitrogens with zero attached hydrogens (tertiary/aromatic N) is 9. The Hall–Kier alpha value is -12.3. The van der Waals surface area contributed by atoms with E-state index in [9.17, 15) is 52.5 Å². The van der Waals surface area contributed by atoms with Crippen molar-refractivity contribution >= 4 is 78.1 Å². The molecular weight excluding hydrogens is 1660 g/mol.